The Hall–Kier alpha value is -0.910. The second-order valence-corrected chi connectivity index (χ2v) is 5.40. The van der Waals surface area contributed by atoms with Crippen LogP contribution in [0.3, 0.4) is 0 Å². The first kappa shape index (κ1) is 12.5. The van der Waals surface area contributed by atoms with Crippen molar-refractivity contribution in [3.63, 3.8) is 0 Å². The average molecular weight is 342 g/mol. The highest BCUT2D eigenvalue weighted by Gasteiger charge is 2.18. The van der Waals surface area contributed by atoms with Crippen molar-refractivity contribution < 1.29 is 4.79 Å². The quantitative estimate of drug-likeness (QED) is 0.662. The van der Waals surface area contributed by atoms with E-state index in [2.05, 4.69) is 45.0 Å². The van der Waals surface area contributed by atoms with E-state index >= 15 is 0 Å². The summed E-state index contributed by atoms with van der Waals surface area (Å²) in [7, 11) is 0. The van der Waals surface area contributed by atoms with Crippen LogP contribution in [0.15, 0.2) is 24.3 Å². The number of nitrogens with one attached hydrogen (secondary N) is 1. The van der Waals surface area contributed by atoms with E-state index in [-0.39, 0.29) is 11.8 Å². The molecule has 1 aromatic rings. The Morgan fingerprint density at radius 1 is 1.47 bits per heavy atom. The summed E-state index contributed by atoms with van der Waals surface area (Å²) in [5.74, 6) is 0.839. The maximum atomic E-state index is 12.0. The fraction of sp³-hybridized carbons (Fsp3) is 0.385. The molecule has 1 aliphatic rings. The minimum Gasteiger partial charge on any atom is -0.310 e. The van der Waals surface area contributed by atoms with E-state index < -0.39 is 0 Å². The Morgan fingerprint density at radius 3 is 2.94 bits per heavy atom. The second-order valence-electron chi connectivity index (χ2n) is 4.23. The van der Waals surface area contributed by atoms with E-state index in [0.29, 0.717) is 5.82 Å². The van der Waals surface area contributed by atoms with E-state index in [1.807, 2.05) is 19.1 Å². The third kappa shape index (κ3) is 3.28. The van der Waals surface area contributed by atoms with Crippen LogP contribution in [0.4, 0.5) is 5.82 Å². The summed E-state index contributed by atoms with van der Waals surface area (Å²) in [5, 5.41) is 2.89. The van der Waals surface area contributed by atoms with E-state index in [1.165, 1.54) is 0 Å². The summed E-state index contributed by atoms with van der Waals surface area (Å²) in [6.07, 6.45) is 7.00. The van der Waals surface area contributed by atoms with E-state index in [9.17, 15) is 4.79 Å². The largest absolute Gasteiger partial charge is 0.310 e. The van der Waals surface area contributed by atoms with Crippen molar-refractivity contribution in [3.05, 3.63) is 33.5 Å². The summed E-state index contributed by atoms with van der Waals surface area (Å²) in [5.41, 5.74) is 0.951. The zero-order valence-electron chi connectivity index (χ0n) is 9.74. The maximum absolute atomic E-state index is 12.0. The number of carbonyl (C=O) groups is 1. The summed E-state index contributed by atoms with van der Waals surface area (Å²) in [6.45, 7) is 1.95. The molecule has 0 aliphatic heterocycles. The lowest BCUT2D eigenvalue weighted by Crippen LogP contribution is -2.24. The number of aryl methyl sites for hydroxylation is 1. The van der Waals surface area contributed by atoms with Crippen LogP contribution in [0, 0.1) is 16.4 Å². The number of anilines is 1. The molecule has 0 spiro atoms. The molecule has 0 radical (unpaired) electrons. The molecule has 0 aromatic carbocycles. The van der Waals surface area contributed by atoms with Gasteiger partial charge >= 0.3 is 0 Å². The van der Waals surface area contributed by atoms with Gasteiger partial charge in [0.25, 0.3) is 0 Å². The van der Waals surface area contributed by atoms with Crippen LogP contribution in [0.25, 0.3) is 0 Å². The molecular formula is C13H15IN2O. The molecule has 1 N–H and O–H groups in total. The number of pyridine rings is 1. The number of allylic oxidation sites excluding steroid dienone is 2. The molecule has 0 unspecified atom stereocenters. The standard InChI is InChI=1S/C13H15IN2O/c1-9-11(14)7-8-12(15-9)16-13(17)10-5-3-2-4-6-10/h2-3,7-8,10H,4-6H2,1H3,(H,15,16,17)/t10-/m1/s1. The van der Waals surface area contributed by atoms with E-state index in [0.717, 1.165) is 28.5 Å². The molecule has 1 atom stereocenters. The third-order valence-corrected chi connectivity index (χ3v) is 4.05. The molecule has 0 fully saturated rings. The molecule has 0 bridgehead atoms. The van der Waals surface area contributed by atoms with Gasteiger partial charge < -0.3 is 5.32 Å². The van der Waals surface area contributed by atoms with Crippen LogP contribution in [0.2, 0.25) is 0 Å². The number of hydrogen-bond acceptors (Lipinski definition) is 2. The number of rotatable bonds is 2. The zero-order chi connectivity index (χ0) is 12.3. The van der Waals surface area contributed by atoms with Gasteiger partial charge in [-0.3, -0.25) is 4.79 Å². The summed E-state index contributed by atoms with van der Waals surface area (Å²) in [6, 6.07) is 3.82. The number of hydrogen-bond donors (Lipinski definition) is 1. The van der Waals surface area contributed by atoms with Gasteiger partial charge in [-0.05, 0) is 60.9 Å². The zero-order valence-corrected chi connectivity index (χ0v) is 11.9. The Kier molecular flexibility index (Phi) is 4.15. The lowest BCUT2D eigenvalue weighted by Gasteiger charge is -2.17. The lowest BCUT2D eigenvalue weighted by atomic mass is 9.94. The third-order valence-electron chi connectivity index (χ3n) is 2.91. The smallest absolute Gasteiger partial charge is 0.228 e. The van der Waals surface area contributed by atoms with E-state index in [1.54, 1.807) is 0 Å². The van der Waals surface area contributed by atoms with Gasteiger partial charge in [-0.15, -0.1) is 0 Å². The predicted octanol–water partition coefficient (Wildman–Crippen LogP) is 3.29. The van der Waals surface area contributed by atoms with Crippen molar-refractivity contribution in [2.24, 2.45) is 5.92 Å². The minimum atomic E-state index is 0.0856. The summed E-state index contributed by atoms with van der Waals surface area (Å²) >= 11 is 2.23. The van der Waals surface area contributed by atoms with Gasteiger partial charge in [0.2, 0.25) is 5.91 Å². The number of carbonyl (C=O) groups excluding carboxylic acids is 1. The molecule has 0 saturated carbocycles. The van der Waals surface area contributed by atoms with Crippen LogP contribution < -0.4 is 5.32 Å². The Morgan fingerprint density at radius 2 is 2.29 bits per heavy atom. The number of amides is 1. The second kappa shape index (κ2) is 5.62. The van der Waals surface area contributed by atoms with Crippen LogP contribution in [0.5, 0.6) is 0 Å². The SMILES string of the molecule is Cc1nc(NC(=O)[C@@H]2CC=CCC2)ccc1I. The van der Waals surface area contributed by atoms with Crippen molar-refractivity contribution >= 4 is 34.3 Å². The highest BCUT2D eigenvalue weighted by molar-refractivity contribution is 14.1. The van der Waals surface area contributed by atoms with Gasteiger partial charge in [-0.25, -0.2) is 4.98 Å². The van der Waals surface area contributed by atoms with Crippen molar-refractivity contribution in [3.8, 4) is 0 Å². The molecule has 3 nitrogen and oxygen atoms in total. The minimum absolute atomic E-state index is 0.0856. The fourth-order valence-electron chi connectivity index (χ4n) is 1.87. The first-order chi connectivity index (χ1) is 8.16. The molecule has 4 heteroatoms. The van der Waals surface area contributed by atoms with Gasteiger partial charge in [0.15, 0.2) is 0 Å². The molecule has 0 saturated heterocycles. The Labute approximate surface area is 115 Å². The molecule has 2 rings (SSSR count). The number of nitrogens with zero attached hydrogens (tertiary/aromatic N) is 1. The Balaban J connectivity index is 2.02. The molecule has 1 aromatic heterocycles. The lowest BCUT2D eigenvalue weighted by molar-refractivity contribution is -0.120. The van der Waals surface area contributed by atoms with Gasteiger partial charge in [0.1, 0.15) is 5.82 Å². The van der Waals surface area contributed by atoms with E-state index in [4.69, 9.17) is 0 Å². The molecule has 1 aliphatic carbocycles. The maximum Gasteiger partial charge on any atom is 0.228 e. The van der Waals surface area contributed by atoms with Crippen LogP contribution in [-0.2, 0) is 4.79 Å². The van der Waals surface area contributed by atoms with Crippen LogP contribution >= 0.6 is 22.6 Å². The van der Waals surface area contributed by atoms with Gasteiger partial charge in [-0.1, -0.05) is 12.2 Å². The Bertz CT molecular complexity index is 457. The topological polar surface area (TPSA) is 42.0 Å². The predicted molar refractivity (Wildman–Crippen MR) is 76.8 cm³/mol. The van der Waals surface area contributed by atoms with Crippen molar-refractivity contribution in [2.45, 2.75) is 26.2 Å². The summed E-state index contributed by atoms with van der Waals surface area (Å²) in [4.78, 5) is 16.3. The van der Waals surface area contributed by atoms with Gasteiger partial charge in [-0.2, -0.15) is 0 Å². The van der Waals surface area contributed by atoms with Crippen molar-refractivity contribution in [2.75, 3.05) is 5.32 Å². The highest BCUT2D eigenvalue weighted by atomic mass is 127. The van der Waals surface area contributed by atoms with Crippen LogP contribution in [0.1, 0.15) is 25.0 Å². The average Bonchev–Trinajstić information content (AvgIpc) is 2.35. The molecule has 1 amide bonds. The monoisotopic (exact) mass is 342 g/mol. The van der Waals surface area contributed by atoms with Gasteiger partial charge in [0, 0.05) is 9.49 Å². The number of aromatic nitrogens is 1. The number of halogens is 1. The molecule has 90 valence electrons. The van der Waals surface area contributed by atoms with Crippen molar-refractivity contribution in [1.29, 1.82) is 0 Å². The fourth-order valence-corrected chi connectivity index (χ4v) is 2.17. The first-order valence-corrected chi connectivity index (χ1v) is 6.83. The molecule has 1 heterocycles. The first-order valence-electron chi connectivity index (χ1n) is 5.76. The normalized spacial score (nSPS) is 19.1. The molecule has 17 heavy (non-hydrogen) atoms. The van der Waals surface area contributed by atoms with Crippen LogP contribution in [-0.4, -0.2) is 10.9 Å². The highest BCUT2D eigenvalue weighted by Crippen LogP contribution is 2.20. The molecular weight excluding hydrogens is 327 g/mol. The summed E-state index contributed by atoms with van der Waals surface area (Å²) < 4.78 is 1.11. The van der Waals surface area contributed by atoms with Gasteiger partial charge in [0.05, 0.1) is 5.69 Å². The van der Waals surface area contributed by atoms with Crippen molar-refractivity contribution in [1.82, 2.24) is 4.98 Å².